The molecule has 0 aliphatic heterocycles. The molecule has 7 heteroatoms. The molecule has 5 atom stereocenters. The average Bonchev–Trinajstić information content (AvgIpc) is 2.85. The Morgan fingerprint density at radius 2 is 2.06 bits per heavy atom. The highest BCUT2D eigenvalue weighted by atomic mass is 16.4. The molecule has 1 amide bonds. The molecule has 2 saturated carbocycles. The number of fused-ring (bicyclic) bond motifs is 1. The Morgan fingerprint density at radius 1 is 1.44 bits per heavy atom. The highest BCUT2D eigenvalue weighted by Gasteiger charge is 2.73. The van der Waals surface area contributed by atoms with Gasteiger partial charge >= 0.3 is 11.9 Å². The van der Waals surface area contributed by atoms with Crippen LogP contribution < -0.4 is 11.1 Å². The average molecular weight is 228 g/mol. The monoisotopic (exact) mass is 228 g/mol. The zero-order valence-electron chi connectivity index (χ0n) is 8.29. The van der Waals surface area contributed by atoms with Crippen LogP contribution in [0, 0.1) is 17.8 Å². The van der Waals surface area contributed by atoms with E-state index >= 15 is 0 Å². The van der Waals surface area contributed by atoms with Crippen LogP contribution in [0.25, 0.3) is 0 Å². The van der Waals surface area contributed by atoms with Crippen molar-refractivity contribution < 1.29 is 24.6 Å². The van der Waals surface area contributed by atoms with Crippen molar-refractivity contribution in [2.45, 2.75) is 18.0 Å². The third kappa shape index (κ3) is 1.21. The third-order valence-corrected chi connectivity index (χ3v) is 3.66. The van der Waals surface area contributed by atoms with Crippen LogP contribution in [0.1, 0.15) is 6.42 Å². The molecule has 0 aromatic rings. The smallest absolute Gasteiger partial charge is 0.324 e. The SMILES string of the molecule is N[C@]1(C(=O)O)C[C@H](NC=O)[C@H]2[C@@H](C(=O)O)[C@H]21. The molecule has 5 N–H and O–H groups in total. The third-order valence-electron chi connectivity index (χ3n) is 3.66. The van der Waals surface area contributed by atoms with Gasteiger partial charge in [-0.3, -0.25) is 14.4 Å². The number of hydrogen-bond donors (Lipinski definition) is 4. The maximum Gasteiger partial charge on any atom is 0.324 e. The summed E-state index contributed by atoms with van der Waals surface area (Å²) in [5.74, 6) is -3.96. The predicted molar refractivity (Wildman–Crippen MR) is 50.3 cm³/mol. The van der Waals surface area contributed by atoms with Crippen molar-refractivity contribution >= 4 is 18.3 Å². The molecular weight excluding hydrogens is 216 g/mol. The highest BCUT2D eigenvalue weighted by Crippen LogP contribution is 2.61. The first-order valence-corrected chi connectivity index (χ1v) is 4.88. The van der Waals surface area contributed by atoms with E-state index in [9.17, 15) is 14.4 Å². The van der Waals surface area contributed by atoms with E-state index < -0.39 is 35.4 Å². The van der Waals surface area contributed by atoms with E-state index in [1.807, 2.05) is 0 Å². The fourth-order valence-electron chi connectivity index (χ4n) is 2.94. The summed E-state index contributed by atoms with van der Waals surface area (Å²) in [7, 11) is 0. The topological polar surface area (TPSA) is 130 Å². The zero-order valence-corrected chi connectivity index (χ0v) is 8.29. The second kappa shape index (κ2) is 3.18. The van der Waals surface area contributed by atoms with Crippen molar-refractivity contribution in [2.75, 3.05) is 0 Å². The molecule has 0 unspecified atom stereocenters. The first kappa shape index (κ1) is 10.9. The summed E-state index contributed by atoms with van der Waals surface area (Å²) >= 11 is 0. The lowest BCUT2D eigenvalue weighted by molar-refractivity contribution is -0.145. The summed E-state index contributed by atoms with van der Waals surface area (Å²) in [6.07, 6.45) is 0.534. The molecule has 0 aromatic carbocycles. The summed E-state index contributed by atoms with van der Waals surface area (Å²) in [4.78, 5) is 32.3. The van der Waals surface area contributed by atoms with Gasteiger partial charge in [-0.15, -0.1) is 0 Å². The highest BCUT2D eigenvalue weighted by molar-refractivity contribution is 5.85. The largest absolute Gasteiger partial charge is 0.481 e. The van der Waals surface area contributed by atoms with Crippen LogP contribution in [-0.4, -0.2) is 40.1 Å². The van der Waals surface area contributed by atoms with E-state index in [1.165, 1.54) is 0 Å². The molecule has 0 radical (unpaired) electrons. The van der Waals surface area contributed by atoms with E-state index in [2.05, 4.69) is 5.32 Å². The molecular formula is C9H12N2O5. The Kier molecular flexibility index (Phi) is 2.16. The Bertz CT molecular complexity index is 371. The molecule has 0 aromatic heterocycles. The van der Waals surface area contributed by atoms with Crippen molar-refractivity contribution in [3.63, 3.8) is 0 Å². The lowest BCUT2D eigenvalue weighted by atomic mass is 9.90. The Morgan fingerprint density at radius 3 is 2.50 bits per heavy atom. The Labute approximate surface area is 90.6 Å². The molecule has 2 rings (SSSR count). The number of nitrogens with two attached hydrogens (primary N) is 1. The van der Waals surface area contributed by atoms with Gasteiger partial charge in [0.25, 0.3) is 0 Å². The van der Waals surface area contributed by atoms with Crippen LogP contribution in [0.15, 0.2) is 0 Å². The molecule has 16 heavy (non-hydrogen) atoms. The standard InChI is InChI=1S/C9H12N2O5/c10-9(8(15)16)1-3(11-2-12)4-5(6(4)9)7(13)14/h2-6H,1,10H2,(H,11,12)(H,13,14)(H,15,16)/t3-,4-,5+,6-,9+/m0/s1. The fraction of sp³-hybridized carbons (Fsp3) is 0.667. The van der Waals surface area contributed by atoms with Gasteiger partial charge in [-0.2, -0.15) is 0 Å². The molecule has 88 valence electrons. The first-order valence-electron chi connectivity index (χ1n) is 4.88. The second-order valence-corrected chi connectivity index (χ2v) is 4.41. The van der Waals surface area contributed by atoms with Crippen molar-refractivity contribution in [3.8, 4) is 0 Å². The molecule has 0 heterocycles. The number of aliphatic carboxylic acids is 2. The van der Waals surface area contributed by atoms with Gasteiger partial charge in [-0.1, -0.05) is 0 Å². The maximum absolute atomic E-state index is 11.0. The molecule has 0 spiro atoms. The van der Waals surface area contributed by atoms with Crippen molar-refractivity contribution in [1.82, 2.24) is 5.32 Å². The van der Waals surface area contributed by atoms with E-state index in [0.717, 1.165) is 0 Å². The van der Waals surface area contributed by atoms with Gasteiger partial charge in [0.1, 0.15) is 5.54 Å². The number of carboxylic acids is 2. The Balaban J connectivity index is 2.24. The van der Waals surface area contributed by atoms with Crippen LogP contribution in [0.5, 0.6) is 0 Å². The van der Waals surface area contributed by atoms with Gasteiger partial charge in [0.15, 0.2) is 0 Å². The van der Waals surface area contributed by atoms with Gasteiger partial charge < -0.3 is 21.3 Å². The number of carboxylic acid groups (broad SMARTS) is 2. The minimum atomic E-state index is -1.53. The Hall–Kier alpha value is -1.63. The van der Waals surface area contributed by atoms with E-state index in [-0.39, 0.29) is 12.3 Å². The predicted octanol–water partition coefficient (Wildman–Crippen LogP) is -1.77. The van der Waals surface area contributed by atoms with Crippen molar-refractivity contribution in [3.05, 3.63) is 0 Å². The van der Waals surface area contributed by atoms with Crippen LogP contribution in [0.4, 0.5) is 0 Å². The van der Waals surface area contributed by atoms with E-state index in [1.54, 1.807) is 0 Å². The summed E-state index contributed by atoms with van der Waals surface area (Å²) < 4.78 is 0. The van der Waals surface area contributed by atoms with Gasteiger partial charge in [0.2, 0.25) is 6.41 Å². The van der Waals surface area contributed by atoms with E-state index in [0.29, 0.717) is 6.41 Å². The normalized spacial score (nSPS) is 44.6. The summed E-state index contributed by atoms with van der Waals surface area (Å²) in [6.45, 7) is 0. The number of hydrogen-bond acceptors (Lipinski definition) is 4. The van der Waals surface area contributed by atoms with Crippen LogP contribution >= 0.6 is 0 Å². The summed E-state index contributed by atoms with van der Waals surface area (Å²) in [5, 5.41) is 20.4. The molecule has 0 saturated heterocycles. The van der Waals surface area contributed by atoms with Gasteiger partial charge in [-0.05, 0) is 12.3 Å². The maximum atomic E-state index is 11.0. The molecule has 2 aliphatic rings. The minimum Gasteiger partial charge on any atom is -0.481 e. The number of amides is 1. The number of nitrogens with one attached hydrogen (secondary N) is 1. The van der Waals surface area contributed by atoms with Crippen molar-refractivity contribution in [1.29, 1.82) is 0 Å². The van der Waals surface area contributed by atoms with Crippen molar-refractivity contribution in [2.24, 2.45) is 23.5 Å². The quantitative estimate of drug-likeness (QED) is 0.421. The molecule has 0 bridgehead atoms. The van der Waals surface area contributed by atoms with Crippen LogP contribution in [0.3, 0.4) is 0 Å². The number of rotatable bonds is 4. The lowest BCUT2D eigenvalue weighted by Crippen LogP contribution is -2.51. The van der Waals surface area contributed by atoms with Crippen LogP contribution in [-0.2, 0) is 14.4 Å². The van der Waals surface area contributed by atoms with Gasteiger partial charge in [0.05, 0.1) is 5.92 Å². The molecule has 2 fully saturated rings. The van der Waals surface area contributed by atoms with Crippen LogP contribution in [0.2, 0.25) is 0 Å². The fourth-order valence-corrected chi connectivity index (χ4v) is 2.94. The lowest BCUT2D eigenvalue weighted by Gasteiger charge is -2.24. The molecule has 7 nitrogen and oxygen atoms in total. The summed E-state index contributed by atoms with van der Waals surface area (Å²) in [6, 6.07) is -0.454. The molecule has 2 aliphatic carbocycles. The number of carbonyl (C=O) groups excluding carboxylic acids is 1. The van der Waals surface area contributed by atoms with Gasteiger partial charge in [-0.25, -0.2) is 0 Å². The van der Waals surface area contributed by atoms with E-state index in [4.69, 9.17) is 15.9 Å². The number of carbonyl (C=O) groups is 3. The zero-order chi connectivity index (χ0) is 12.1. The first-order chi connectivity index (χ1) is 7.43. The van der Waals surface area contributed by atoms with Gasteiger partial charge in [0, 0.05) is 12.0 Å². The minimum absolute atomic E-state index is 0.0835. The summed E-state index contributed by atoms with van der Waals surface area (Å²) in [5.41, 5.74) is 4.18. The second-order valence-electron chi connectivity index (χ2n) is 4.41.